The highest BCUT2D eigenvalue weighted by atomic mass is 19.1. The number of carbonyl (C=O) groups is 1. The molecule has 1 amide bonds. The van der Waals surface area contributed by atoms with E-state index in [0.717, 1.165) is 16.7 Å². The van der Waals surface area contributed by atoms with E-state index in [-0.39, 0.29) is 67.1 Å². The quantitative estimate of drug-likeness (QED) is 0.495. The molecular formula is C24H22F2N4O6. The summed E-state index contributed by atoms with van der Waals surface area (Å²) in [5, 5.41) is 8.56. The molecule has 0 bridgehead atoms. The van der Waals surface area contributed by atoms with Crippen molar-refractivity contribution in [1.29, 1.82) is 5.26 Å². The number of hydrogen-bond donors (Lipinski definition) is 1. The van der Waals surface area contributed by atoms with Crippen LogP contribution in [0.15, 0.2) is 35.1 Å². The minimum absolute atomic E-state index is 0.00744. The standard InChI is InChI=1S/C24H22F2N4O6/c1-33-19-8-13(2-3-16(19)25)9-30-23(22(28)31)29-18-5-4-17(26)21(20(18)24(30)32)36-12-15-11-34-14(6-7-27)10-35-15/h2-5,8,14-15H,6,9-12H2,1H3,(H2,28,31). The summed E-state index contributed by atoms with van der Waals surface area (Å²) in [5.41, 5.74) is 5.11. The number of hydrogen-bond acceptors (Lipinski definition) is 8. The minimum Gasteiger partial charge on any atom is -0.494 e. The van der Waals surface area contributed by atoms with Gasteiger partial charge < -0.3 is 24.7 Å². The Morgan fingerprint density at radius 2 is 1.94 bits per heavy atom. The molecule has 10 nitrogen and oxygen atoms in total. The number of fused-ring (bicyclic) bond motifs is 1. The molecule has 1 aliphatic rings. The average Bonchev–Trinajstić information content (AvgIpc) is 2.87. The van der Waals surface area contributed by atoms with E-state index in [9.17, 15) is 18.4 Å². The Labute approximate surface area is 203 Å². The lowest BCUT2D eigenvalue weighted by molar-refractivity contribution is -0.140. The SMILES string of the molecule is COc1cc(Cn2c(C(N)=O)nc3ccc(F)c(OCC4COC(CC#N)CO4)c3c2=O)ccc1F. The van der Waals surface area contributed by atoms with Gasteiger partial charge in [0.1, 0.15) is 18.1 Å². The molecule has 188 valence electrons. The van der Waals surface area contributed by atoms with Crippen molar-refractivity contribution in [3.63, 3.8) is 0 Å². The summed E-state index contributed by atoms with van der Waals surface area (Å²) in [6.07, 6.45) is -0.727. The zero-order valence-corrected chi connectivity index (χ0v) is 19.2. The summed E-state index contributed by atoms with van der Waals surface area (Å²) in [6.45, 7) is -0.0511. The maximum Gasteiger partial charge on any atom is 0.284 e. The molecule has 2 atom stereocenters. The first-order valence-electron chi connectivity index (χ1n) is 10.9. The van der Waals surface area contributed by atoms with Gasteiger partial charge in [-0.05, 0) is 29.8 Å². The van der Waals surface area contributed by atoms with Crippen LogP contribution in [0.3, 0.4) is 0 Å². The van der Waals surface area contributed by atoms with Gasteiger partial charge in [-0.1, -0.05) is 6.07 Å². The predicted molar refractivity (Wildman–Crippen MR) is 122 cm³/mol. The van der Waals surface area contributed by atoms with Gasteiger partial charge in [-0.15, -0.1) is 0 Å². The van der Waals surface area contributed by atoms with Gasteiger partial charge in [0.15, 0.2) is 23.1 Å². The van der Waals surface area contributed by atoms with Crippen molar-refractivity contribution in [2.45, 2.75) is 25.2 Å². The number of aromatic nitrogens is 2. The fraction of sp³-hybridized carbons (Fsp3) is 0.333. The molecular weight excluding hydrogens is 478 g/mol. The van der Waals surface area contributed by atoms with Gasteiger partial charge in [-0.3, -0.25) is 14.2 Å². The Hall–Kier alpha value is -4.08. The van der Waals surface area contributed by atoms with E-state index in [1.54, 1.807) is 0 Å². The number of amides is 1. The molecule has 0 radical (unpaired) electrons. The molecule has 0 aliphatic carbocycles. The van der Waals surface area contributed by atoms with E-state index in [4.69, 9.17) is 29.9 Å². The van der Waals surface area contributed by atoms with Crippen LogP contribution in [0, 0.1) is 23.0 Å². The lowest BCUT2D eigenvalue weighted by Gasteiger charge is -2.28. The van der Waals surface area contributed by atoms with Crippen LogP contribution in [0.2, 0.25) is 0 Å². The second-order valence-electron chi connectivity index (χ2n) is 8.01. The lowest BCUT2D eigenvalue weighted by Crippen LogP contribution is -2.39. The predicted octanol–water partition coefficient (Wildman–Crippen LogP) is 1.91. The first kappa shape index (κ1) is 25.0. The number of rotatable bonds is 8. The van der Waals surface area contributed by atoms with Crippen LogP contribution in [-0.2, 0) is 16.0 Å². The molecule has 2 N–H and O–H groups in total. The molecule has 2 heterocycles. The van der Waals surface area contributed by atoms with E-state index in [1.807, 2.05) is 6.07 Å². The lowest BCUT2D eigenvalue weighted by atomic mass is 10.1. The number of methoxy groups -OCH3 is 1. The Kier molecular flexibility index (Phi) is 7.42. The molecule has 2 aromatic carbocycles. The van der Waals surface area contributed by atoms with Crippen LogP contribution in [0.4, 0.5) is 8.78 Å². The molecule has 36 heavy (non-hydrogen) atoms. The zero-order valence-electron chi connectivity index (χ0n) is 19.2. The number of primary amides is 1. The van der Waals surface area contributed by atoms with Crippen LogP contribution >= 0.6 is 0 Å². The van der Waals surface area contributed by atoms with Gasteiger partial charge in [0.25, 0.3) is 11.5 Å². The van der Waals surface area contributed by atoms with Crippen LogP contribution in [-0.4, -0.2) is 54.6 Å². The number of benzene rings is 2. The smallest absolute Gasteiger partial charge is 0.284 e. The minimum atomic E-state index is -0.977. The maximum absolute atomic E-state index is 14.8. The number of nitriles is 1. The number of halogens is 2. The first-order valence-corrected chi connectivity index (χ1v) is 10.9. The molecule has 2 unspecified atom stereocenters. The Morgan fingerprint density at radius 3 is 2.61 bits per heavy atom. The molecule has 1 fully saturated rings. The highest BCUT2D eigenvalue weighted by Crippen LogP contribution is 2.27. The molecule has 1 saturated heterocycles. The van der Waals surface area contributed by atoms with E-state index in [2.05, 4.69) is 4.98 Å². The largest absolute Gasteiger partial charge is 0.494 e. The normalized spacial score (nSPS) is 17.5. The Morgan fingerprint density at radius 1 is 1.22 bits per heavy atom. The highest BCUT2D eigenvalue weighted by molar-refractivity contribution is 5.93. The van der Waals surface area contributed by atoms with Gasteiger partial charge in [0.05, 0.1) is 51.0 Å². The van der Waals surface area contributed by atoms with Crippen molar-refractivity contribution in [3.05, 3.63) is 63.7 Å². The number of nitrogens with two attached hydrogens (primary N) is 1. The van der Waals surface area contributed by atoms with Crippen LogP contribution in [0.5, 0.6) is 11.5 Å². The van der Waals surface area contributed by atoms with Crippen molar-refractivity contribution < 1.29 is 32.5 Å². The molecule has 0 saturated carbocycles. The van der Waals surface area contributed by atoms with Gasteiger partial charge >= 0.3 is 0 Å². The van der Waals surface area contributed by atoms with Crippen molar-refractivity contribution in [2.24, 2.45) is 5.73 Å². The zero-order chi connectivity index (χ0) is 25.8. The average molecular weight is 500 g/mol. The number of carbonyl (C=O) groups excluding carboxylic acids is 1. The molecule has 1 aromatic heterocycles. The van der Waals surface area contributed by atoms with Crippen LogP contribution in [0.1, 0.15) is 22.6 Å². The molecule has 4 rings (SSSR count). The van der Waals surface area contributed by atoms with Crippen molar-refractivity contribution in [2.75, 3.05) is 26.9 Å². The van der Waals surface area contributed by atoms with E-state index < -0.39 is 29.2 Å². The first-order chi connectivity index (χ1) is 17.3. The van der Waals surface area contributed by atoms with Crippen LogP contribution in [0.25, 0.3) is 10.9 Å². The van der Waals surface area contributed by atoms with Crippen molar-refractivity contribution in [3.8, 4) is 17.6 Å². The summed E-state index contributed by atoms with van der Waals surface area (Å²) in [4.78, 5) is 29.8. The fourth-order valence-corrected chi connectivity index (χ4v) is 3.79. The van der Waals surface area contributed by atoms with Gasteiger partial charge in [0.2, 0.25) is 5.82 Å². The van der Waals surface area contributed by atoms with Crippen LogP contribution < -0.4 is 20.8 Å². The van der Waals surface area contributed by atoms with E-state index in [1.165, 1.54) is 25.3 Å². The van der Waals surface area contributed by atoms with Gasteiger partial charge in [-0.2, -0.15) is 5.26 Å². The fourth-order valence-electron chi connectivity index (χ4n) is 3.79. The molecule has 12 heteroatoms. The number of ether oxygens (including phenoxy) is 4. The van der Waals surface area contributed by atoms with E-state index in [0.29, 0.717) is 5.56 Å². The summed E-state index contributed by atoms with van der Waals surface area (Å²) in [5.74, 6) is -3.19. The summed E-state index contributed by atoms with van der Waals surface area (Å²) in [7, 11) is 1.29. The Bertz CT molecular complexity index is 1400. The topological polar surface area (TPSA) is 139 Å². The third-order valence-electron chi connectivity index (χ3n) is 5.57. The summed E-state index contributed by atoms with van der Waals surface area (Å²) >= 11 is 0. The van der Waals surface area contributed by atoms with Gasteiger partial charge in [-0.25, -0.2) is 13.8 Å². The monoisotopic (exact) mass is 500 g/mol. The summed E-state index contributed by atoms with van der Waals surface area (Å²) < 4.78 is 51.4. The number of nitrogens with zero attached hydrogens (tertiary/aromatic N) is 3. The summed E-state index contributed by atoms with van der Waals surface area (Å²) in [6, 6.07) is 8.22. The molecule has 0 spiro atoms. The van der Waals surface area contributed by atoms with E-state index >= 15 is 0 Å². The van der Waals surface area contributed by atoms with Gasteiger partial charge in [0, 0.05) is 0 Å². The maximum atomic E-state index is 14.8. The molecule has 1 aliphatic heterocycles. The second-order valence-corrected chi connectivity index (χ2v) is 8.01. The van der Waals surface area contributed by atoms with Crippen molar-refractivity contribution in [1.82, 2.24) is 9.55 Å². The second kappa shape index (κ2) is 10.7. The Balaban J connectivity index is 1.70. The molecule has 3 aromatic rings. The van der Waals surface area contributed by atoms with Crippen molar-refractivity contribution >= 4 is 16.8 Å². The third-order valence-corrected chi connectivity index (χ3v) is 5.57. The highest BCUT2D eigenvalue weighted by Gasteiger charge is 2.25. The third kappa shape index (κ3) is 5.12.